The molecule has 1 fully saturated rings. The second kappa shape index (κ2) is 5.06. The molecule has 1 unspecified atom stereocenters. The number of hydrogen-bond donors (Lipinski definition) is 0. The minimum absolute atomic E-state index is 0.462. The number of imidazole rings is 1. The number of fused-ring (bicyclic) bond motifs is 1. The number of halogens is 1. The molecular formula is C11H14BrN3OS. The molecule has 17 heavy (non-hydrogen) atoms. The SMILES string of the molecule is BrCC1COCCN1Cc1cn2ccsc2n1. The van der Waals surface area contributed by atoms with Crippen LogP contribution in [0.3, 0.4) is 0 Å². The highest BCUT2D eigenvalue weighted by Crippen LogP contribution is 2.16. The lowest BCUT2D eigenvalue weighted by Crippen LogP contribution is -2.45. The van der Waals surface area contributed by atoms with Crippen LogP contribution in [0.4, 0.5) is 0 Å². The third-order valence-electron chi connectivity index (χ3n) is 3.04. The van der Waals surface area contributed by atoms with Crippen LogP contribution in [-0.2, 0) is 11.3 Å². The highest BCUT2D eigenvalue weighted by molar-refractivity contribution is 9.09. The van der Waals surface area contributed by atoms with E-state index in [4.69, 9.17) is 4.74 Å². The molecule has 6 heteroatoms. The Morgan fingerprint density at radius 2 is 2.53 bits per heavy atom. The Balaban J connectivity index is 1.74. The normalized spacial score (nSPS) is 22.3. The predicted molar refractivity (Wildman–Crippen MR) is 71.9 cm³/mol. The summed E-state index contributed by atoms with van der Waals surface area (Å²) in [6, 6.07) is 0.462. The van der Waals surface area contributed by atoms with E-state index in [-0.39, 0.29) is 0 Å². The summed E-state index contributed by atoms with van der Waals surface area (Å²) in [7, 11) is 0. The van der Waals surface area contributed by atoms with Gasteiger partial charge >= 0.3 is 0 Å². The van der Waals surface area contributed by atoms with Crippen LogP contribution < -0.4 is 0 Å². The summed E-state index contributed by atoms with van der Waals surface area (Å²) in [5.74, 6) is 0. The summed E-state index contributed by atoms with van der Waals surface area (Å²) in [6.45, 7) is 3.54. The van der Waals surface area contributed by atoms with Gasteiger partial charge in [-0.25, -0.2) is 4.98 Å². The third kappa shape index (κ3) is 2.40. The molecule has 1 aliphatic heterocycles. The summed E-state index contributed by atoms with van der Waals surface area (Å²) < 4.78 is 7.58. The predicted octanol–water partition coefficient (Wildman–Crippen LogP) is 1.99. The van der Waals surface area contributed by atoms with E-state index in [1.807, 2.05) is 0 Å². The lowest BCUT2D eigenvalue weighted by Gasteiger charge is -2.33. The molecule has 1 saturated heterocycles. The lowest BCUT2D eigenvalue weighted by molar-refractivity contribution is -0.00260. The fourth-order valence-electron chi connectivity index (χ4n) is 2.10. The number of rotatable bonds is 3. The molecule has 4 nitrogen and oxygen atoms in total. The number of ether oxygens (including phenoxy) is 1. The summed E-state index contributed by atoms with van der Waals surface area (Å²) in [6.07, 6.45) is 4.17. The summed E-state index contributed by atoms with van der Waals surface area (Å²) in [4.78, 5) is 8.13. The maximum Gasteiger partial charge on any atom is 0.193 e. The second-order valence-corrected chi connectivity index (χ2v) is 5.70. The van der Waals surface area contributed by atoms with Gasteiger partial charge in [-0.05, 0) is 0 Å². The first kappa shape index (κ1) is 11.6. The van der Waals surface area contributed by atoms with Gasteiger partial charge in [-0.3, -0.25) is 9.30 Å². The topological polar surface area (TPSA) is 29.8 Å². The average molecular weight is 316 g/mol. The molecule has 0 radical (unpaired) electrons. The van der Waals surface area contributed by atoms with Crippen LogP contribution in [0.5, 0.6) is 0 Å². The fourth-order valence-corrected chi connectivity index (χ4v) is 3.42. The van der Waals surface area contributed by atoms with Gasteiger partial charge in [0.1, 0.15) is 0 Å². The maximum absolute atomic E-state index is 5.49. The van der Waals surface area contributed by atoms with E-state index in [0.29, 0.717) is 6.04 Å². The second-order valence-electron chi connectivity index (χ2n) is 4.18. The molecule has 0 aromatic carbocycles. The van der Waals surface area contributed by atoms with Crippen LogP contribution in [0.2, 0.25) is 0 Å². The van der Waals surface area contributed by atoms with Crippen molar-refractivity contribution in [1.29, 1.82) is 0 Å². The number of hydrogen-bond acceptors (Lipinski definition) is 4. The van der Waals surface area contributed by atoms with Gasteiger partial charge in [0.15, 0.2) is 4.96 Å². The first-order valence-electron chi connectivity index (χ1n) is 5.65. The van der Waals surface area contributed by atoms with E-state index in [1.54, 1.807) is 11.3 Å². The average Bonchev–Trinajstić information content (AvgIpc) is 2.90. The van der Waals surface area contributed by atoms with Crippen molar-refractivity contribution < 1.29 is 4.74 Å². The van der Waals surface area contributed by atoms with E-state index in [2.05, 4.69) is 48.0 Å². The molecule has 1 atom stereocenters. The van der Waals surface area contributed by atoms with Crippen molar-refractivity contribution in [3.05, 3.63) is 23.5 Å². The standard InChI is InChI=1S/C11H14BrN3OS/c12-5-10-8-16-3-1-14(10)6-9-7-15-2-4-17-11(15)13-9/h2,4,7,10H,1,3,5-6,8H2. The molecule has 0 spiro atoms. The molecule has 3 heterocycles. The van der Waals surface area contributed by atoms with Gasteiger partial charge in [-0.1, -0.05) is 15.9 Å². The molecule has 2 aromatic rings. The molecule has 0 N–H and O–H groups in total. The molecule has 1 aliphatic rings. The van der Waals surface area contributed by atoms with E-state index < -0.39 is 0 Å². The molecule has 3 rings (SSSR count). The minimum Gasteiger partial charge on any atom is -0.378 e. The first-order chi connectivity index (χ1) is 8.36. The van der Waals surface area contributed by atoms with Gasteiger partial charge in [0.2, 0.25) is 0 Å². The first-order valence-corrected chi connectivity index (χ1v) is 7.66. The molecule has 0 amide bonds. The van der Waals surface area contributed by atoms with Crippen LogP contribution in [0.1, 0.15) is 5.69 Å². The van der Waals surface area contributed by atoms with E-state index >= 15 is 0 Å². The molecule has 92 valence electrons. The number of nitrogens with zero attached hydrogens (tertiary/aromatic N) is 3. The van der Waals surface area contributed by atoms with Gasteiger partial charge in [0, 0.05) is 42.2 Å². The number of thiazole rings is 1. The maximum atomic E-state index is 5.49. The van der Waals surface area contributed by atoms with E-state index in [0.717, 1.165) is 42.3 Å². The monoisotopic (exact) mass is 315 g/mol. The summed E-state index contributed by atoms with van der Waals surface area (Å²) in [5, 5.41) is 3.01. The van der Waals surface area contributed by atoms with E-state index in [1.165, 1.54) is 0 Å². The van der Waals surface area contributed by atoms with Gasteiger partial charge < -0.3 is 4.74 Å². The Labute approximate surface area is 112 Å². The quantitative estimate of drug-likeness (QED) is 0.811. The highest BCUT2D eigenvalue weighted by Gasteiger charge is 2.22. The van der Waals surface area contributed by atoms with Crippen LogP contribution in [-0.4, -0.2) is 45.4 Å². The number of morpholine rings is 1. The number of alkyl halides is 1. The smallest absolute Gasteiger partial charge is 0.193 e. The van der Waals surface area contributed by atoms with Crippen LogP contribution in [0, 0.1) is 0 Å². The Morgan fingerprint density at radius 1 is 1.59 bits per heavy atom. The third-order valence-corrected chi connectivity index (χ3v) is 4.55. The van der Waals surface area contributed by atoms with E-state index in [9.17, 15) is 0 Å². The zero-order chi connectivity index (χ0) is 11.7. The summed E-state index contributed by atoms with van der Waals surface area (Å²) >= 11 is 5.22. The molecule has 0 aliphatic carbocycles. The van der Waals surface area contributed by atoms with Crippen molar-refractivity contribution in [3.63, 3.8) is 0 Å². The zero-order valence-electron chi connectivity index (χ0n) is 9.38. The van der Waals surface area contributed by atoms with Crippen molar-refractivity contribution in [2.24, 2.45) is 0 Å². The van der Waals surface area contributed by atoms with Gasteiger partial charge in [0.05, 0.1) is 18.9 Å². The zero-order valence-corrected chi connectivity index (χ0v) is 11.8. The molecule has 2 aromatic heterocycles. The Hall–Kier alpha value is -0.430. The summed E-state index contributed by atoms with van der Waals surface area (Å²) in [5.41, 5.74) is 1.14. The number of aromatic nitrogens is 2. The van der Waals surface area contributed by atoms with Crippen LogP contribution in [0.15, 0.2) is 17.8 Å². The van der Waals surface area contributed by atoms with Gasteiger partial charge in [0.25, 0.3) is 0 Å². The minimum atomic E-state index is 0.462. The van der Waals surface area contributed by atoms with Crippen LogP contribution >= 0.6 is 27.3 Å². The fraction of sp³-hybridized carbons (Fsp3) is 0.545. The molecule has 0 bridgehead atoms. The van der Waals surface area contributed by atoms with Crippen molar-refractivity contribution in [1.82, 2.24) is 14.3 Å². The highest BCUT2D eigenvalue weighted by atomic mass is 79.9. The Bertz CT molecular complexity index is 469. The largest absolute Gasteiger partial charge is 0.378 e. The Morgan fingerprint density at radius 3 is 3.35 bits per heavy atom. The Kier molecular flexibility index (Phi) is 3.46. The van der Waals surface area contributed by atoms with Crippen molar-refractivity contribution in [3.8, 4) is 0 Å². The molecule has 0 saturated carbocycles. The lowest BCUT2D eigenvalue weighted by atomic mass is 10.2. The van der Waals surface area contributed by atoms with Gasteiger partial charge in [-0.15, -0.1) is 11.3 Å². The van der Waals surface area contributed by atoms with Crippen molar-refractivity contribution in [2.75, 3.05) is 25.1 Å². The van der Waals surface area contributed by atoms with Crippen molar-refractivity contribution >= 4 is 32.2 Å². The molecular weight excluding hydrogens is 302 g/mol. The van der Waals surface area contributed by atoms with Crippen molar-refractivity contribution in [2.45, 2.75) is 12.6 Å². The van der Waals surface area contributed by atoms with Crippen LogP contribution in [0.25, 0.3) is 4.96 Å². The van der Waals surface area contributed by atoms with Gasteiger partial charge in [-0.2, -0.15) is 0 Å².